The first kappa shape index (κ1) is 24.7. The van der Waals surface area contributed by atoms with Gasteiger partial charge in [-0.25, -0.2) is 23.3 Å². The largest absolute Gasteiger partial charge is 0.427 e. The monoisotopic (exact) mass is 512 g/mol. The standard InChI is InChI=1S/C26H26F2N4O5/c1-14-3-8-21(18-6-4-16(27)12-20(18)28)32(14)22(33)13-31-23(34)26(37-25(31)36)10-9-15-11-17(5-7-19(15)26)30-24(35)29-2/h4-7,11-12,14,21H,3,8-10,13H2,1-2H3,(H2,29,30,35)/t14-,21-,26+/m0/s1. The van der Waals surface area contributed by atoms with E-state index in [1.807, 2.05) is 6.92 Å². The summed E-state index contributed by atoms with van der Waals surface area (Å²) in [5.74, 6) is -2.62. The number of rotatable bonds is 4. The van der Waals surface area contributed by atoms with Crippen LogP contribution >= 0.6 is 0 Å². The number of urea groups is 1. The summed E-state index contributed by atoms with van der Waals surface area (Å²) < 4.78 is 33.5. The Morgan fingerprint density at radius 3 is 2.65 bits per heavy atom. The summed E-state index contributed by atoms with van der Waals surface area (Å²) in [7, 11) is 1.49. The molecule has 1 aliphatic carbocycles. The highest BCUT2D eigenvalue weighted by atomic mass is 19.1. The number of carbonyl (C=O) groups excluding carboxylic acids is 4. The minimum Gasteiger partial charge on any atom is -0.427 e. The van der Waals surface area contributed by atoms with Crippen LogP contribution in [0.2, 0.25) is 0 Å². The molecule has 0 aromatic heterocycles. The number of nitrogens with one attached hydrogen (secondary N) is 2. The van der Waals surface area contributed by atoms with E-state index in [1.54, 1.807) is 18.2 Å². The zero-order chi connectivity index (χ0) is 26.5. The summed E-state index contributed by atoms with van der Waals surface area (Å²) in [5, 5.41) is 5.12. The number of aryl methyl sites for hydroxylation is 1. The molecule has 0 unspecified atom stereocenters. The predicted octanol–water partition coefficient (Wildman–Crippen LogP) is 3.59. The fourth-order valence-electron chi connectivity index (χ4n) is 5.62. The highest BCUT2D eigenvalue weighted by Crippen LogP contribution is 2.46. The first-order valence-corrected chi connectivity index (χ1v) is 12.1. The van der Waals surface area contributed by atoms with Crippen molar-refractivity contribution < 1.29 is 32.7 Å². The molecule has 1 spiro atoms. The van der Waals surface area contributed by atoms with Crippen molar-refractivity contribution in [3.63, 3.8) is 0 Å². The van der Waals surface area contributed by atoms with Crippen molar-refractivity contribution >= 4 is 29.6 Å². The van der Waals surface area contributed by atoms with E-state index in [4.69, 9.17) is 4.74 Å². The molecular formula is C26H26F2N4O5. The van der Waals surface area contributed by atoms with Gasteiger partial charge in [-0.05, 0) is 49.9 Å². The predicted molar refractivity (Wildman–Crippen MR) is 127 cm³/mol. The second kappa shape index (κ2) is 9.13. The molecule has 2 fully saturated rings. The number of halogens is 2. The van der Waals surface area contributed by atoms with Crippen LogP contribution in [0.25, 0.3) is 0 Å². The van der Waals surface area contributed by atoms with Gasteiger partial charge in [0.15, 0.2) is 0 Å². The minimum absolute atomic E-state index is 0.191. The second-order valence-corrected chi connectivity index (χ2v) is 9.57. The van der Waals surface area contributed by atoms with Crippen molar-refractivity contribution in [1.29, 1.82) is 0 Å². The van der Waals surface area contributed by atoms with Crippen molar-refractivity contribution in [1.82, 2.24) is 15.1 Å². The van der Waals surface area contributed by atoms with E-state index in [0.29, 0.717) is 30.5 Å². The molecule has 5 amide bonds. The van der Waals surface area contributed by atoms with Crippen molar-refractivity contribution in [2.75, 3.05) is 18.9 Å². The summed E-state index contributed by atoms with van der Waals surface area (Å²) in [6, 6.07) is 6.93. The fourth-order valence-corrected chi connectivity index (χ4v) is 5.62. The summed E-state index contributed by atoms with van der Waals surface area (Å²) in [6.45, 7) is 1.26. The molecule has 0 radical (unpaired) electrons. The number of nitrogens with zero attached hydrogens (tertiary/aromatic N) is 2. The molecular weight excluding hydrogens is 486 g/mol. The number of carbonyl (C=O) groups is 4. The van der Waals surface area contributed by atoms with Crippen molar-refractivity contribution in [2.45, 2.75) is 50.3 Å². The molecule has 37 heavy (non-hydrogen) atoms. The number of anilines is 1. The van der Waals surface area contributed by atoms with Gasteiger partial charge in [0.1, 0.15) is 18.2 Å². The fraction of sp³-hybridized carbons (Fsp3) is 0.385. The molecule has 0 saturated carbocycles. The van der Waals surface area contributed by atoms with Gasteiger partial charge in [0.2, 0.25) is 11.5 Å². The molecule has 0 bridgehead atoms. The van der Waals surface area contributed by atoms with E-state index in [1.165, 1.54) is 18.0 Å². The first-order valence-electron chi connectivity index (χ1n) is 12.1. The van der Waals surface area contributed by atoms with Gasteiger partial charge in [-0.15, -0.1) is 0 Å². The maximum absolute atomic E-state index is 14.5. The summed E-state index contributed by atoms with van der Waals surface area (Å²) in [5.41, 5.74) is 0.460. The molecule has 2 heterocycles. The zero-order valence-electron chi connectivity index (χ0n) is 20.3. The molecule has 2 aromatic rings. The molecule has 11 heteroatoms. The quantitative estimate of drug-likeness (QED) is 0.651. The normalized spacial score (nSPS) is 24.4. The van der Waals surface area contributed by atoms with E-state index < -0.39 is 53.8 Å². The average molecular weight is 513 g/mol. The molecule has 5 rings (SSSR count). The molecule has 2 aromatic carbocycles. The van der Waals surface area contributed by atoms with Crippen LogP contribution in [0.15, 0.2) is 36.4 Å². The lowest BCUT2D eigenvalue weighted by atomic mass is 9.94. The lowest BCUT2D eigenvalue weighted by molar-refractivity contribution is -0.143. The topological polar surface area (TPSA) is 108 Å². The summed E-state index contributed by atoms with van der Waals surface area (Å²) in [4.78, 5) is 53.6. The Morgan fingerprint density at radius 1 is 1.14 bits per heavy atom. The third-order valence-electron chi connectivity index (χ3n) is 7.42. The van der Waals surface area contributed by atoms with Gasteiger partial charge in [0.25, 0.3) is 5.91 Å². The molecule has 194 valence electrons. The number of benzene rings is 2. The first-order chi connectivity index (χ1) is 17.6. The lowest BCUT2D eigenvalue weighted by Gasteiger charge is -2.30. The van der Waals surface area contributed by atoms with E-state index in [9.17, 15) is 28.0 Å². The van der Waals surface area contributed by atoms with E-state index in [-0.39, 0.29) is 18.0 Å². The number of likely N-dealkylation sites (tertiary alicyclic amines) is 1. The average Bonchev–Trinajstić information content (AvgIpc) is 3.49. The maximum atomic E-state index is 14.5. The van der Waals surface area contributed by atoms with Crippen LogP contribution in [0.5, 0.6) is 0 Å². The van der Waals surface area contributed by atoms with E-state index in [0.717, 1.165) is 22.6 Å². The van der Waals surface area contributed by atoms with Crippen molar-refractivity contribution in [3.05, 3.63) is 64.7 Å². The molecule has 9 nitrogen and oxygen atoms in total. The van der Waals surface area contributed by atoms with Crippen LogP contribution < -0.4 is 10.6 Å². The number of hydrogen-bond acceptors (Lipinski definition) is 5. The van der Waals surface area contributed by atoms with Crippen LogP contribution in [0.4, 0.5) is 24.1 Å². The SMILES string of the molecule is CNC(=O)Nc1ccc2c(c1)CC[C@@]21OC(=O)N(CC(=O)N2[C@@H](C)CC[C@H]2c2ccc(F)cc2F)C1=O. The zero-order valence-corrected chi connectivity index (χ0v) is 20.3. The molecule has 3 aliphatic rings. The Bertz CT molecular complexity index is 1320. The summed E-state index contributed by atoms with van der Waals surface area (Å²) >= 11 is 0. The van der Waals surface area contributed by atoms with E-state index in [2.05, 4.69) is 10.6 Å². The summed E-state index contributed by atoms with van der Waals surface area (Å²) in [6.07, 6.45) is 0.793. The number of amides is 5. The lowest BCUT2D eigenvalue weighted by Crippen LogP contribution is -2.46. The van der Waals surface area contributed by atoms with Crippen LogP contribution in [0, 0.1) is 11.6 Å². The smallest absolute Gasteiger partial charge is 0.418 e. The van der Waals surface area contributed by atoms with Gasteiger partial charge in [0, 0.05) is 42.4 Å². The van der Waals surface area contributed by atoms with E-state index >= 15 is 0 Å². The van der Waals surface area contributed by atoms with Gasteiger partial charge < -0.3 is 20.3 Å². The Balaban J connectivity index is 1.36. The van der Waals surface area contributed by atoms with Crippen LogP contribution in [0.1, 0.15) is 48.9 Å². The third-order valence-corrected chi connectivity index (χ3v) is 7.42. The van der Waals surface area contributed by atoms with Gasteiger partial charge in [-0.3, -0.25) is 9.59 Å². The van der Waals surface area contributed by atoms with Crippen LogP contribution in [-0.4, -0.2) is 53.4 Å². The van der Waals surface area contributed by atoms with Crippen LogP contribution in [-0.2, 0) is 26.3 Å². The van der Waals surface area contributed by atoms with Gasteiger partial charge in [0.05, 0.1) is 6.04 Å². The van der Waals surface area contributed by atoms with Crippen LogP contribution in [0.3, 0.4) is 0 Å². The van der Waals surface area contributed by atoms with Crippen molar-refractivity contribution in [2.24, 2.45) is 0 Å². The maximum Gasteiger partial charge on any atom is 0.418 e. The molecule has 2 saturated heterocycles. The van der Waals surface area contributed by atoms with Crippen molar-refractivity contribution in [3.8, 4) is 0 Å². The number of fused-ring (bicyclic) bond motifs is 2. The highest BCUT2D eigenvalue weighted by molar-refractivity contribution is 6.06. The van der Waals surface area contributed by atoms with Gasteiger partial charge in [-0.1, -0.05) is 12.1 Å². The number of imide groups is 1. The third kappa shape index (κ3) is 4.08. The highest BCUT2D eigenvalue weighted by Gasteiger charge is 2.58. The Labute approximate surface area is 211 Å². The molecule has 3 atom stereocenters. The Kier molecular flexibility index (Phi) is 6.09. The van der Waals surface area contributed by atoms with Gasteiger partial charge in [-0.2, -0.15) is 0 Å². The molecule has 2 aliphatic heterocycles. The Morgan fingerprint density at radius 2 is 1.92 bits per heavy atom. The Hall–Kier alpha value is -4.02. The van der Waals surface area contributed by atoms with Gasteiger partial charge >= 0.3 is 12.1 Å². The number of ether oxygens (including phenoxy) is 1. The number of hydrogen-bond donors (Lipinski definition) is 2. The second-order valence-electron chi connectivity index (χ2n) is 9.57. The molecule has 2 N–H and O–H groups in total. The minimum atomic E-state index is -1.53.